The number of imide groups is 1. The fraction of sp³-hybridized carbons (Fsp3) is 0.316. The maximum atomic E-state index is 12.5. The molecule has 0 N–H and O–H groups in total. The molecule has 0 aliphatic carbocycles. The minimum Gasteiger partial charge on any atom is -0.490 e. The number of ether oxygens (including phenoxy) is 2. The lowest BCUT2D eigenvalue weighted by molar-refractivity contribution is -0.139. The molecule has 2 heterocycles. The van der Waals surface area contributed by atoms with Crippen LogP contribution in [0, 0.1) is 0 Å². The number of carbonyl (C=O) groups excluding carboxylic acids is 3. The van der Waals surface area contributed by atoms with E-state index in [0.717, 1.165) is 22.2 Å². The first-order chi connectivity index (χ1) is 13.1. The minimum absolute atomic E-state index is 0.240. The quantitative estimate of drug-likeness (QED) is 0.549. The van der Waals surface area contributed by atoms with Crippen LogP contribution in [-0.4, -0.2) is 66.3 Å². The average molecular weight is 388 g/mol. The standard InChI is InChI=1S/C19H20N2O5S/c1-2-9-26-15-5-3-14(4-6-15)12-16-18(23)21(19(24)27-16)13-17(22)20-7-10-25-11-8-20/h2-6,12H,1,7-11,13H2/b16-12-. The molecular formula is C19H20N2O5S. The Kier molecular flexibility index (Phi) is 6.31. The van der Waals surface area contributed by atoms with E-state index in [4.69, 9.17) is 9.47 Å². The summed E-state index contributed by atoms with van der Waals surface area (Å²) < 4.78 is 10.6. The highest BCUT2D eigenvalue weighted by molar-refractivity contribution is 8.18. The molecule has 0 aromatic heterocycles. The van der Waals surface area contributed by atoms with E-state index < -0.39 is 11.1 Å². The van der Waals surface area contributed by atoms with Crippen molar-refractivity contribution in [2.75, 3.05) is 39.5 Å². The van der Waals surface area contributed by atoms with E-state index >= 15 is 0 Å². The number of morpholine rings is 1. The normalized spacial score (nSPS) is 18.9. The van der Waals surface area contributed by atoms with Crippen LogP contribution in [0.5, 0.6) is 5.75 Å². The van der Waals surface area contributed by atoms with Gasteiger partial charge in [-0.3, -0.25) is 19.3 Å². The Hall–Kier alpha value is -2.58. The molecule has 27 heavy (non-hydrogen) atoms. The summed E-state index contributed by atoms with van der Waals surface area (Å²) in [5, 5.41) is -0.432. The highest BCUT2D eigenvalue weighted by Gasteiger charge is 2.37. The molecule has 142 valence electrons. The zero-order chi connectivity index (χ0) is 19.2. The molecular weight excluding hydrogens is 368 g/mol. The van der Waals surface area contributed by atoms with Crippen LogP contribution in [0.2, 0.25) is 0 Å². The van der Waals surface area contributed by atoms with Gasteiger partial charge in [-0.1, -0.05) is 24.8 Å². The third-order valence-corrected chi connectivity index (χ3v) is 4.98. The number of hydrogen-bond acceptors (Lipinski definition) is 6. The molecule has 2 fully saturated rings. The van der Waals surface area contributed by atoms with Crippen LogP contribution < -0.4 is 4.74 Å². The number of rotatable bonds is 6. The summed E-state index contributed by atoms with van der Waals surface area (Å²) in [4.78, 5) is 39.9. The third kappa shape index (κ3) is 4.78. The van der Waals surface area contributed by atoms with Crippen LogP contribution in [0.3, 0.4) is 0 Å². The van der Waals surface area contributed by atoms with E-state index in [1.54, 1.807) is 41.3 Å². The smallest absolute Gasteiger partial charge is 0.294 e. The van der Waals surface area contributed by atoms with Crippen molar-refractivity contribution in [3.05, 3.63) is 47.4 Å². The molecule has 0 radical (unpaired) electrons. The van der Waals surface area contributed by atoms with Gasteiger partial charge >= 0.3 is 0 Å². The molecule has 0 unspecified atom stereocenters. The van der Waals surface area contributed by atoms with Gasteiger partial charge in [0.2, 0.25) is 5.91 Å². The number of thioether (sulfide) groups is 1. The number of benzene rings is 1. The minimum atomic E-state index is -0.446. The van der Waals surface area contributed by atoms with E-state index in [0.29, 0.717) is 43.6 Å². The van der Waals surface area contributed by atoms with Crippen LogP contribution in [-0.2, 0) is 14.3 Å². The van der Waals surface area contributed by atoms with Gasteiger partial charge in [0.25, 0.3) is 11.1 Å². The maximum absolute atomic E-state index is 12.5. The fourth-order valence-corrected chi connectivity index (χ4v) is 3.49. The summed E-state index contributed by atoms with van der Waals surface area (Å²) in [5.74, 6) is 0.000394. The SMILES string of the molecule is C=CCOc1ccc(/C=C2\SC(=O)N(CC(=O)N3CCOCC3)C2=O)cc1. The first kappa shape index (κ1) is 19.2. The van der Waals surface area contributed by atoms with Crippen LogP contribution >= 0.6 is 11.8 Å². The predicted molar refractivity (Wildman–Crippen MR) is 102 cm³/mol. The van der Waals surface area contributed by atoms with Crippen LogP contribution in [0.15, 0.2) is 41.8 Å². The second-order valence-corrected chi connectivity index (χ2v) is 6.92. The molecule has 0 bridgehead atoms. The molecule has 1 aromatic rings. The van der Waals surface area contributed by atoms with Crippen molar-refractivity contribution in [3.8, 4) is 5.75 Å². The van der Waals surface area contributed by atoms with E-state index in [1.807, 2.05) is 0 Å². The van der Waals surface area contributed by atoms with Crippen molar-refractivity contribution >= 4 is 34.9 Å². The summed E-state index contributed by atoms with van der Waals surface area (Å²) in [6.07, 6.45) is 3.30. The summed E-state index contributed by atoms with van der Waals surface area (Å²) in [6.45, 7) is 5.66. The number of amides is 3. The molecule has 8 heteroatoms. The van der Waals surface area contributed by atoms with E-state index in [9.17, 15) is 14.4 Å². The first-order valence-corrected chi connectivity index (χ1v) is 9.35. The van der Waals surface area contributed by atoms with Gasteiger partial charge in [-0.25, -0.2) is 0 Å². The molecule has 1 aromatic carbocycles. The molecule has 3 rings (SSSR count). The van der Waals surface area contributed by atoms with Crippen LogP contribution in [0.25, 0.3) is 6.08 Å². The Morgan fingerprint density at radius 1 is 1.22 bits per heavy atom. The Bertz CT molecular complexity index is 769. The van der Waals surface area contributed by atoms with Gasteiger partial charge < -0.3 is 14.4 Å². The lowest BCUT2D eigenvalue weighted by atomic mass is 10.2. The lowest BCUT2D eigenvalue weighted by Crippen LogP contribution is -2.46. The second kappa shape index (κ2) is 8.88. The lowest BCUT2D eigenvalue weighted by Gasteiger charge is -2.28. The summed E-state index contributed by atoms with van der Waals surface area (Å²) in [6, 6.07) is 7.15. The zero-order valence-electron chi connectivity index (χ0n) is 14.8. The molecule has 2 aliphatic heterocycles. The summed E-state index contributed by atoms with van der Waals surface area (Å²) in [5.41, 5.74) is 0.769. The van der Waals surface area contributed by atoms with E-state index in [-0.39, 0.29) is 12.5 Å². The molecule has 2 saturated heterocycles. The Labute approximate surface area is 161 Å². The highest BCUT2D eigenvalue weighted by atomic mass is 32.2. The van der Waals surface area contributed by atoms with Crippen molar-refractivity contribution in [1.82, 2.24) is 9.80 Å². The van der Waals surface area contributed by atoms with Gasteiger partial charge in [-0.15, -0.1) is 0 Å². The molecule has 0 atom stereocenters. The van der Waals surface area contributed by atoms with Crippen molar-refractivity contribution in [2.24, 2.45) is 0 Å². The van der Waals surface area contributed by atoms with Crippen molar-refractivity contribution in [3.63, 3.8) is 0 Å². The molecule has 3 amide bonds. The van der Waals surface area contributed by atoms with Crippen molar-refractivity contribution < 1.29 is 23.9 Å². The fourth-order valence-electron chi connectivity index (χ4n) is 2.65. The molecule has 7 nitrogen and oxygen atoms in total. The van der Waals surface area contributed by atoms with Gasteiger partial charge in [-0.05, 0) is 35.5 Å². The van der Waals surface area contributed by atoms with Gasteiger partial charge in [0.1, 0.15) is 18.9 Å². The van der Waals surface area contributed by atoms with Gasteiger partial charge in [0, 0.05) is 13.1 Å². The topological polar surface area (TPSA) is 76.2 Å². The summed E-state index contributed by atoms with van der Waals surface area (Å²) >= 11 is 0.842. The average Bonchev–Trinajstić information content (AvgIpc) is 2.95. The van der Waals surface area contributed by atoms with Crippen LogP contribution in [0.4, 0.5) is 4.79 Å². The van der Waals surface area contributed by atoms with Crippen molar-refractivity contribution in [2.45, 2.75) is 0 Å². The summed E-state index contributed by atoms with van der Waals surface area (Å²) in [7, 11) is 0. The first-order valence-electron chi connectivity index (χ1n) is 8.53. The molecule has 0 saturated carbocycles. The Morgan fingerprint density at radius 3 is 2.59 bits per heavy atom. The van der Waals surface area contributed by atoms with Gasteiger partial charge in [0.05, 0.1) is 18.1 Å². The number of nitrogens with zero attached hydrogens (tertiary/aromatic N) is 2. The Morgan fingerprint density at radius 2 is 1.93 bits per heavy atom. The van der Waals surface area contributed by atoms with Crippen molar-refractivity contribution in [1.29, 1.82) is 0 Å². The predicted octanol–water partition coefficient (Wildman–Crippen LogP) is 2.15. The van der Waals surface area contributed by atoms with Gasteiger partial charge in [0.15, 0.2) is 0 Å². The van der Waals surface area contributed by atoms with Crippen LogP contribution in [0.1, 0.15) is 5.56 Å². The Balaban J connectivity index is 1.65. The number of hydrogen-bond donors (Lipinski definition) is 0. The third-order valence-electron chi connectivity index (χ3n) is 4.08. The number of carbonyl (C=O) groups is 3. The van der Waals surface area contributed by atoms with E-state index in [1.165, 1.54) is 0 Å². The van der Waals surface area contributed by atoms with E-state index in [2.05, 4.69) is 6.58 Å². The van der Waals surface area contributed by atoms with Gasteiger partial charge in [-0.2, -0.15) is 0 Å². The molecule has 2 aliphatic rings. The highest BCUT2D eigenvalue weighted by Crippen LogP contribution is 2.32. The molecule has 0 spiro atoms. The second-order valence-electron chi connectivity index (χ2n) is 5.93. The largest absolute Gasteiger partial charge is 0.490 e. The maximum Gasteiger partial charge on any atom is 0.294 e. The zero-order valence-corrected chi connectivity index (χ0v) is 15.6. The monoisotopic (exact) mass is 388 g/mol.